The molecule has 2 N–H and O–H groups in total. The van der Waals surface area contributed by atoms with Gasteiger partial charge in [0.15, 0.2) is 5.11 Å². The summed E-state index contributed by atoms with van der Waals surface area (Å²) in [4.78, 5) is 11.4. The molecule has 0 saturated carbocycles. The van der Waals surface area contributed by atoms with Crippen LogP contribution >= 0.6 is 35.2 Å². The number of thiocarbonyl (C=S) groups is 1. The normalized spacial score (nSPS) is 11.7. The Balaban J connectivity index is 2.05. The van der Waals surface area contributed by atoms with Crippen molar-refractivity contribution >= 4 is 51.6 Å². The zero-order valence-corrected chi connectivity index (χ0v) is 13.4. The van der Waals surface area contributed by atoms with Gasteiger partial charge in [-0.1, -0.05) is 17.7 Å². The van der Waals surface area contributed by atoms with Crippen molar-refractivity contribution in [3.63, 3.8) is 0 Å². The molecule has 1 aromatic carbocycles. The van der Waals surface area contributed by atoms with E-state index in [1.54, 1.807) is 11.3 Å². The van der Waals surface area contributed by atoms with E-state index in [4.69, 9.17) is 23.8 Å². The van der Waals surface area contributed by atoms with E-state index in [0.29, 0.717) is 15.8 Å². The Kier molecular flexibility index (Phi) is 5.11. The topological polar surface area (TPSA) is 67.2 Å². The van der Waals surface area contributed by atoms with Crippen molar-refractivity contribution in [2.75, 3.05) is 5.32 Å². The highest BCUT2D eigenvalue weighted by Crippen LogP contribution is 2.27. The number of nitro groups is 1. The Labute approximate surface area is 136 Å². The second kappa shape index (κ2) is 6.84. The maximum Gasteiger partial charge on any atom is 0.271 e. The lowest BCUT2D eigenvalue weighted by Gasteiger charge is -2.16. The first-order chi connectivity index (χ1) is 9.97. The van der Waals surface area contributed by atoms with Crippen LogP contribution in [-0.2, 0) is 0 Å². The maximum atomic E-state index is 10.8. The van der Waals surface area contributed by atoms with Gasteiger partial charge in [-0.3, -0.25) is 10.1 Å². The van der Waals surface area contributed by atoms with Crippen LogP contribution in [0.3, 0.4) is 0 Å². The van der Waals surface area contributed by atoms with Gasteiger partial charge in [0.25, 0.3) is 5.69 Å². The first-order valence-corrected chi connectivity index (χ1v) is 7.69. The molecule has 2 rings (SSSR count). The molecular formula is C13H12ClN3O2S2. The van der Waals surface area contributed by atoms with Crippen LogP contribution in [0, 0.1) is 10.1 Å². The Bertz CT molecular complexity index is 661. The van der Waals surface area contributed by atoms with Gasteiger partial charge in [0.05, 0.1) is 21.7 Å². The average Bonchev–Trinajstić information content (AvgIpc) is 2.95. The smallest absolute Gasteiger partial charge is 0.271 e. The summed E-state index contributed by atoms with van der Waals surface area (Å²) in [5.74, 6) is 0. The zero-order chi connectivity index (χ0) is 15.4. The summed E-state index contributed by atoms with van der Waals surface area (Å²) >= 11 is 12.8. The molecule has 0 aliphatic carbocycles. The molecule has 21 heavy (non-hydrogen) atoms. The summed E-state index contributed by atoms with van der Waals surface area (Å²) in [6.07, 6.45) is 0. The van der Waals surface area contributed by atoms with Gasteiger partial charge in [-0.2, -0.15) is 0 Å². The van der Waals surface area contributed by atoms with Crippen molar-refractivity contribution in [3.05, 3.63) is 55.7 Å². The Morgan fingerprint density at radius 3 is 2.86 bits per heavy atom. The lowest BCUT2D eigenvalue weighted by atomic mass is 10.2. The number of hydrogen-bond donors (Lipinski definition) is 2. The predicted molar refractivity (Wildman–Crippen MR) is 90.2 cm³/mol. The number of hydrogen-bond acceptors (Lipinski definition) is 4. The Morgan fingerprint density at radius 2 is 2.24 bits per heavy atom. The SMILES string of the molecule is C[C@@H](NC(=S)Nc1cc([N+](=O)[O-])ccc1Cl)c1cccs1. The van der Waals surface area contributed by atoms with Crippen molar-refractivity contribution in [2.24, 2.45) is 0 Å². The fourth-order valence-electron chi connectivity index (χ4n) is 1.69. The van der Waals surface area contributed by atoms with Gasteiger partial charge in [-0.15, -0.1) is 11.3 Å². The number of non-ortho nitro benzene ring substituents is 1. The standard InChI is InChI=1S/C13H12ClN3O2S2/c1-8(12-3-2-6-21-12)15-13(20)16-11-7-9(17(18)19)4-5-10(11)14/h2-8H,1H3,(H2,15,16,20)/t8-/m1/s1. The quantitative estimate of drug-likeness (QED) is 0.491. The van der Waals surface area contributed by atoms with Gasteiger partial charge < -0.3 is 10.6 Å². The monoisotopic (exact) mass is 341 g/mol. The minimum absolute atomic E-state index is 0.0440. The van der Waals surface area contributed by atoms with Crippen LogP contribution in [0.15, 0.2) is 35.7 Å². The summed E-state index contributed by atoms with van der Waals surface area (Å²) in [5.41, 5.74) is 0.359. The molecule has 8 heteroatoms. The Hall–Kier alpha value is -1.70. The van der Waals surface area contributed by atoms with Gasteiger partial charge in [-0.25, -0.2) is 0 Å². The molecule has 5 nitrogen and oxygen atoms in total. The predicted octanol–water partition coefficient (Wildman–Crippen LogP) is 4.36. The third-order valence-corrected chi connectivity index (χ3v) is 4.33. The summed E-state index contributed by atoms with van der Waals surface area (Å²) in [6.45, 7) is 1.98. The molecule has 0 fully saturated rings. The minimum Gasteiger partial charge on any atom is -0.355 e. The summed E-state index contributed by atoms with van der Waals surface area (Å²) < 4.78 is 0. The molecule has 1 heterocycles. The zero-order valence-electron chi connectivity index (χ0n) is 11.0. The lowest BCUT2D eigenvalue weighted by Crippen LogP contribution is -2.30. The highest BCUT2D eigenvalue weighted by atomic mass is 35.5. The van der Waals surface area contributed by atoms with Gasteiger partial charge in [0.2, 0.25) is 0 Å². The third kappa shape index (κ3) is 4.13. The number of anilines is 1. The number of halogens is 1. The molecule has 0 amide bonds. The van der Waals surface area contributed by atoms with Crippen molar-refractivity contribution in [3.8, 4) is 0 Å². The van der Waals surface area contributed by atoms with Crippen LogP contribution < -0.4 is 10.6 Å². The maximum absolute atomic E-state index is 10.8. The number of nitrogens with one attached hydrogen (secondary N) is 2. The molecule has 2 aromatic rings. The molecule has 0 aliphatic heterocycles. The highest BCUT2D eigenvalue weighted by molar-refractivity contribution is 7.80. The third-order valence-electron chi connectivity index (χ3n) is 2.73. The Morgan fingerprint density at radius 1 is 1.48 bits per heavy atom. The van der Waals surface area contributed by atoms with Crippen LogP contribution in [0.5, 0.6) is 0 Å². The van der Waals surface area contributed by atoms with Crippen molar-refractivity contribution < 1.29 is 4.92 Å². The van der Waals surface area contributed by atoms with E-state index in [2.05, 4.69) is 10.6 Å². The first-order valence-electron chi connectivity index (χ1n) is 6.02. The van der Waals surface area contributed by atoms with Gasteiger partial charge in [-0.05, 0) is 36.7 Å². The molecular weight excluding hydrogens is 330 g/mol. The van der Waals surface area contributed by atoms with Gasteiger partial charge >= 0.3 is 0 Å². The second-order valence-corrected chi connectivity index (χ2v) is 6.05. The van der Waals surface area contributed by atoms with E-state index in [9.17, 15) is 10.1 Å². The molecule has 1 aromatic heterocycles. The average molecular weight is 342 g/mol. The van der Waals surface area contributed by atoms with Crippen LogP contribution in [0.25, 0.3) is 0 Å². The van der Waals surface area contributed by atoms with Crippen molar-refractivity contribution in [2.45, 2.75) is 13.0 Å². The number of nitrogens with zero attached hydrogens (tertiary/aromatic N) is 1. The molecule has 0 bridgehead atoms. The first kappa shape index (κ1) is 15.7. The van der Waals surface area contributed by atoms with E-state index in [1.165, 1.54) is 18.2 Å². The van der Waals surface area contributed by atoms with Crippen LogP contribution in [0.1, 0.15) is 17.8 Å². The second-order valence-electron chi connectivity index (χ2n) is 4.26. The van der Waals surface area contributed by atoms with E-state index in [1.807, 2.05) is 24.4 Å². The van der Waals surface area contributed by atoms with Crippen LogP contribution in [0.2, 0.25) is 5.02 Å². The lowest BCUT2D eigenvalue weighted by molar-refractivity contribution is -0.384. The number of rotatable bonds is 4. The van der Waals surface area contributed by atoms with Gasteiger partial charge in [0, 0.05) is 17.0 Å². The van der Waals surface area contributed by atoms with Crippen LogP contribution in [0.4, 0.5) is 11.4 Å². The van der Waals surface area contributed by atoms with E-state index in [-0.39, 0.29) is 11.7 Å². The molecule has 1 atom stereocenters. The molecule has 110 valence electrons. The summed E-state index contributed by atoms with van der Waals surface area (Å²) in [7, 11) is 0. The van der Waals surface area contributed by atoms with Gasteiger partial charge in [0.1, 0.15) is 0 Å². The fourth-order valence-corrected chi connectivity index (χ4v) is 2.87. The van der Waals surface area contributed by atoms with E-state index >= 15 is 0 Å². The molecule has 0 spiro atoms. The van der Waals surface area contributed by atoms with E-state index < -0.39 is 4.92 Å². The molecule has 0 saturated heterocycles. The summed E-state index contributed by atoms with van der Waals surface area (Å²) in [5, 5.41) is 19.5. The summed E-state index contributed by atoms with van der Waals surface area (Å²) in [6, 6.07) is 8.18. The highest BCUT2D eigenvalue weighted by Gasteiger charge is 2.12. The minimum atomic E-state index is -0.480. The molecule has 0 radical (unpaired) electrons. The molecule has 0 unspecified atom stereocenters. The van der Waals surface area contributed by atoms with E-state index in [0.717, 1.165) is 4.88 Å². The largest absolute Gasteiger partial charge is 0.355 e. The van der Waals surface area contributed by atoms with Crippen LogP contribution in [-0.4, -0.2) is 10.0 Å². The molecule has 0 aliphatic rings. The fraction of sp³-hybridized carbons (Fsp3) is 0.154. The van der Waals surface area contributed by atoms with Crippen molar-refractivity contribution in [1.82, 2.24) is 5.32 Å². The number of nitro benzene ring substituents is 1. The number of thiophene rings is 1. The van der Waals surface area contributed by atoms with Crippen molar-refractivity contribution in [1.29, 1.82) is 0 Å². The number of benzene rings is 1.